The Kier molecular flexibility index (Phi) is 4.20. The van der Waals surface area contributed by atoms with Crippen LogP contribution in [0.3, 0.4) is 0 Å². The summed E-state index contributed by atoms with van der Waals surface area (Å²) in [6, 6.07) is 9.19. The van der Waals surface area contributed by atoms with Gasteiger partial charge in [0.05, 0.1) is 11.1 Å². The Morgan fingerprint density at radius 3 is 2.64 bits per heavy atom. The van der Waals surface area contributed by atoms with E-state index < -0.39 is 10.8 Å². The van der Waals surface area contributed by atoms with Crippen LogP contribution in [-0.2, 0) is 0 Å². The van der Waals surface area contributed by atoms with Gasteiger partial charge in [-0.3, -0.25) is 14.9 Å². The summed E-state index contributed by atoms with van der Waals surface area (Å²) >= 11 is 0. The largest absolute Gasteiger partial charge is 0.455 e. The van der Waals surface area contributed by atoms with Crippen molar-refractivity contribution >= 4 is 23.6 Å². The number of hydrogen-bond acceptors (Lipinski definition) is 9. The van der Waals surface area contributed by atoms with Gasteiger partial charge in [-0.2, -0.15) is 5.10 Å². The summed E-state index contributed by atoms with van der Waals surface area (Å²) in [6.07, 6.45) is 1.27. The lowest BCUT2D eigenvalue weighted by Crippen LogP contribution is -2.19. The highest BCUT2D eigenvalue weighted by atomic mass is 16.6. The van der Waals surface area contributed by atoms with E-state index in [0.717, 1.165) is 0 Å². The fraction of sp³-hybridized carbons (Fsp3) is 0. The summed E-state index contributed by atoms with van der Waals surface area (Å²) in [4.78, 5) is 21.8. The molecule has 11 nitrogen and oxygen atoms in total. The van der Waals surface area contributed by atoms with Crippen molar-refractivity contribution < 1.29 is 18.8 Å². The standard InChI is InChI=1S/C14H10N6O5/c15-13-12(18-25-19-13)14(21)17-16-7-10-5-6-11(24-10)8-1-3-9(4-2-8)20(22)23/h1-7H,(H2,15,19)(H,17,21). The molecule has 0 atom stereocenters. The number of hydrogen-bond donors (Lipinski definition) is 2. The lowest BCUT2D eigenvalue weighted by atomic mass is 10.1. The van der Waals surface area contributed by atoms with Crippen LogP contribution in [0.4, 0.5) is 11.5 Å². The van der Waals surface area contributed by atoms with Crippen LogP contribution in [0, 0.1) is 10.1 Å². The Balaban J connectivity index is 1.66. The molecule has 0 fully saturated rings. The fourth-order valence-corrected chi connectivity index (χ4v) is 1.89. The molecule has 25 heavy (non-hydrogen) atoms. The maximum absolute atomic E-state index is 11.7. The summed E-state index contributed by atoms with van der Waals surface area (Å²) in [5, 5.41) is 21.0. The molecule has 2 heterocycles. The molecule has 0 spiro atoms. The molecule has 0 saturated carbocycles. The third-order valence-corrected chi connectivity index (χ3v) is 3.08. The molecule has 0 aliphatic heterocycles. The first-order chi connectivity index (χ1) is 12.0. The third-order valence-electron chi connectivity index (χ3n) is 3.08. The maximum atomic E-state index is 11.7. The predicted molar refractivity (Wildman–Crippen MR) is 84.6 cm³/mol. The van der Waals surface area contributed by atoms with Crippen molar-refractivity contribution in [3.05, 3.63) is 58.0 Å². The average molecular weight is 342 g/mol. The van der Waals surface area contributed by atoms with Gasteiger partial charge in [0.15, 0.2) is 0 Å². The lowest BCUT2D eigenvalue weighted by molar-refractivity contribution is -0.384. The molecule has 0 radical (unpaired) electrons. The zero-order chi connectivity index (χ0) is 17.8. The number of amides is 1. The molecule has 3 N–H and O–H groups in total. The second-order valence-electron chi connectivity index (χ2n) is 4.70. The minimum atomic E-state index is -0.683. The molecule has 1 aromatic carbocycles. The van der Waals surface area contributed by atoms with Gasteiger partial charge in [0.25, 0.3) is 11.6 Å². The minimum Gasteiger partial charge on any atom is -0.455 e. The maximum Gasteiger partial charge on any atom is 0.297 e. The zero-order valence-electron chi connectivity index (χ0n) is 12.4. The van der Waals surface area contributed by atoms with Gasteiger partial charge in [-0.05, 0) is 34.6 Å². The molecule has 126 valence electrons. The molecule has 0 unspecified atom stereocenters. The predicted octanol–water partition coefficient (Wildman–Crippen LogP) is 1.58. The number of nitrogen functional groups attached to an aromatic ring is 1. The number of nitro benzene ring substituents is 1. The van der Waals surface area contributed by atoms with Crippen LogP contribution in [-0.4, -0.2) is 27.4 Å². The van der Waals surface area contributed by atoms with Crippen LogP contribution in [0.1, 0.15) is 16.2 Å². The number of non-ortho nitro benzene ring substituents is 1. The van der Waals surface area contributed by atoms with Crippen LogP contribution >= 0.6 is 0 Å². The van der Waals surface area contributed by atoms with Crippen molar-refractivity contribution in [1.82, 2.24) is 15.7 Å². The lowest BCUT2D eigenvalue weighted by Gasteiger charge is -1.96. The first-order valence-electron chi connectivity index (χ1n) is 6.80. The van der Waals surface area contributed by atoms with Gasteiger partial charge in [-0.15, -0.1) is 0 Å². The van der Waals surface area contributed by atoms with E-state index in [1.165, 1.54) is 18.3 Å². The molecule has 1 amide bonds. The molecule has 11 heteroatoms. The van der Waals surface area contributed by atoms with E-state index in [0.29, 0.717) is 17.1 Å². The smallest absolute Gasteiger partial charge is 0.297 e. The molecule has 2 aromatic heterocycles. The number of aromatic nitrogens is 2. The van der Waals surface area contributed by atoms with Crippen LogP contribution < -0.4 is 11.2 Å². The van der Waals surface area contributed by atoms with E-state index in [9.17, 15) is 14.9 Å². The number of benzene rings is 1. The number of nitrogens with zero attached hydrogens (tertiary/aromatic N) is 4. The molecular formula is C14H10N6O5. The van der Waals surface area contributed by atoms with Crippen molar-refractivity contribution in [2.45, 2.75) is 0 Å². The second-order valence-corrected chi connectivity index (χ2v) is 4.70. The van der Waals surface area contributed by atoms with Crippen molar-refractivity contribution in [3.63, 3.8) is 0 Å². The molecule has 0 bridgehead atoms. The number of hydrazone groups is 1. The number of carbonyl (C=O) groups excluding carboxylic acids is 1. The van der Waals surface area contributed by atoms with Gasteiger partial charge < -0.3 is 10.2 Å². The Morgan fingerprint density at radius 2 is 2.00 bits per heavy atom. The first-order valence-corrected chi connectivity index (χ1v) is 6.80. The van der Waals surface area contributed by atoms with E-state index in [4.69, 9.17) is 10.2 Å². The highest BCUT2D eigenvalue weighted by Gasteiger charge is 2.15. The molecule has 0 saturated heterocycles. The number of nitrogens with one attached hydrogen (secondary N) is 1. The summed E-state index contributed by atoms with van der Waals surface area (Å²) < 4.78 is 9.83. The van der Waals surface area contributed by atoms with E-state index >= 15 is 0 Å². The molecule has 0 aliphatic rings. The van der Waals surface area contributed by atoms with Gasteiger partial charge in [-0.25, -0.2) is 10.1 Å². The first kappa shape index (κ1) is 15.9. The topological polar surface area (TPSA) is 163 Å². The Hall–Kier alpha value is -4.02. The molecule has 3 aromatic rings. The van der Waals surface area contributed by atoms with Gasteiger partial charge in [0.1, 0.15) is 11.5 Å². The SMILES string of the molecule is Nc1nonc1C(=O)NN=Cc1ccc(-c2ccc([N+](=O)[O-])cc2)o1. The summed E-state index contributed by atoms with van der Waals surface area (Å²) in [5.74, 6) is 0.0239. The van der Waals surface area contributed by atoms with Crippen LogP contribution in [0.15, 0.2) is 50.5 Å². The number of nitro groups is 1. The third kappa shape index (κ3) is 3.50. The minimum absolute atomic E-state index is 0.0126. The Labute approximate surface area is 139 Å². The Bertz CT molecular complexity index is 943. The summed E-state index contributed by atoms with van der Waals surface area (Å²) in [5.41, 5.74) is 8.05. The van der Waals surface area contributed by atoms with Crippen LogP contribution in [0.2, 0.25) is 0 Å². The van der Waals surface area contributed by atoms with Crippen LogP contribution in [0.5, 0.6) is 0 Å². The van der Waals surface area contributed by atoms with Gasteiger partial charge in [0, 0.05) is 17.7 Å². The Morgan fingerprint density at radius 1 is 1.24 bits per heavy atom. The van der Waals surface area contributed by atoms with Gasteiger partial charge in [-0.1, -0.05) is 0 Å². The number of rotatable bonds is 5. The van der Waals surface area contributed by atoms with Crippen LogP contribution in [0.25, 0.3) is 11.3 Å². The van der Waals surface area contributed by atoms with Crippen molar-refractivity contribution in [2.24, 2.45) is 5.10 Å². The number of anilines is 1. The zero-order valence-corrected chi connectivity index (χ0v) is 12.4. The normalized spacial score (nSPS) is 10.9. The average Bonchev–Trinajstić information content (AvgIpc) is 3.24. The second kappa shape index (κ2) is 6.62. The highest BCUT2D eigenvalue weighted by Crippen LogP contribution is 2.23. The highest BCUT2D eigenvalue weighted by molar-refractivity contribution is 5.96. The van der Waals surface area contributed by atoms with Crippen molar-refractivity contribution in [2.75, 3.05) is 5.73 Å². The molecule has 3 rings (SSSR count). The van der Waals surface area contributed by atoms with Gasteiger partial charge in [0.2, 0.25) is 11.5 Å². The number of furan rings is 1. The van der Waals surface area contributed by atoms with E-state index in [1.54, 1.807) is 24.3 Å². The number of nitrogens with two attached hydrogens (primary N) is 1. The quantitative estimate of drug-likeness (QED) is 0.401. The van der Waals surface area contributed by atoms with E-state index in [1.807, 2.05) is 0 Å². The summed E-state index contributed by atoms with van der Waals surface area (Å²) in [6.45, 7) is 0. The fourth-order valence-electron chi connectivity index (χ4n) is 1.89. The van der Waals surface area contributed by atoms with Crippen molar-refractivity contribution in [1.29, 1.82) is 0 Å². The number of carbonyl (C=O) groups is 1. The summed E-state index contributed by atoms with van der Waals surface area (Å²) in [7, 11) is 0. The van der Waals surface area contributed by atoms with Crippen molar-refractivity contribution in [3.8, 4) is 11.3 Å². The molecular weight excluding hydrogens is 332 g/mol. The monoisotopic (exact) mass is 342 g/mol. The van der Waals surface area contributed by atoms with E-state index in [2.05, 4.69) is 25.5 Å². The van der Waals surface area contributed by atoms with E-state index in [-0.39, 0.29) is 17.2 Å². The molecule has 0 aliphatic carbocycles. The van der Waals surface area contributed by atoms with Gasteiger partial charge >= 0.3 is 0 Å².